The van der Waals surface area contributed by atoms with E-state index in [4.69, 9.17) is 0 Å². The predicted molar refractivity (Wildman–Crippen MR) is 133 cm³/mol. The number of nitrogens with one attached hydrogen (secondary N) is 2. The molecule has 0 aliphatic carbocycles. The molecular weight excluding hydrogens is 453 g/mol. The van der Waals surface area contributed by atoms with Gasteiger partial charge in [0.2, 0.25) is 0 Å². The molecule has 0 spiro atoms. The number of anilines is 2. The fourth-order valence-corrected chi connectivity index (χ4v) is 3.88. The Morgan fingerprint density at radius 1 is 0.857 bits per heavy atom. The van der Waals surface area contributed by atoms with Gasteiger partial charge < -0.3 is 15.7 Å². The minimum Gasteiger partial charge on any atom is -0.386 e. The normalized spacial score (nSPS) is 12.1. The average molecular weight is 481 g/mol. The average Bonchev–Trinajstić information content (AvgIpc) is 2.80. The number of rotatable bonds is 7. The molecule has 4 aromatic rings. The SMILES string of the molecule is Cc1ccc(-c2cccc3c(C(F)(F)F)c(NCCNc4ccc(C(C)(C)O)cn4)cnc23)cc1. The summed E-state index contributed by atoms with van der Waals surface area (Å²) in [5, 5.41) is 16.0. The summed E-state index contributed by atoms with van der Waals surface area (Å²) < 4.78 is 42.5. The lowest BCUT2D eigenvalue weighted by atomic mass is 9.98. The van der Waals surface area contributed by atoms with Crippen molar-refractivity contribution in [2.45, 2.75) is 32.5 Å². The standard InChI is InChI=1S/C27H27F3N4O/c1-17-7-9-18(10-8-17)20-5-4-6-21-24(27(28,29)30)22(16-34-25(20)21)31-13-14-32-23-12-11-19(15-33-23)26(2,3)35/h4-12,15-16,31,35H,13-14H2,1-3H3,(H,32,33). The molecule has 8 heteroatoms. The van der Waals surface area contributed by atoms with E-state index in [1.165, 1.54) is 12.3 Å². The van der Waals surface area contributed by atoms with E-state index in [-0.39, 0.29) is 17.6 Å². The molecule has 0 fully saturated rings. The molecule has 3 N–H and O–H groups in total. The summed E-state index contributed by atoms with van der Waals surface area (Å²) in [6.07, 6.45) is -1.74. The van der Waals surface area contributed by atoms with Crippen molar-refractivity contribution in [1.82, 2.24) is 9.97 Å². The highest BCUT2D eigenvalue weighted by molar-refractivity contribution is 5.97. The number of fused-ring (bicyclic) bond motifs is 1. The van der Waals surface area contributed by atoms with Crippen LogP contribution in [0.5, 0.6) is 0 Å². The molecule has 2 aromatic carbocycles. The number of aliphatic hydroxyl groups is 1. The summed E-state index contributed by atoms with van der Waals surface area (Å²) >= 11 is 0. The number of pyridine rings is 2. The Hall–Kier alpha value is -3.65. The molecule has 0 bridgehead atoms. The van der Waals surface area contributed by atoms with Crippen LogP contribution in [-0.2, 0) is 11.8 Å². The van der Waals surface area contributed by atoms with Crippen molar-refractivity contribution in [3.05, 3.63) is 83.7 Å². The lowest BCUT2D eigenvalue weighted by Crippen LogP contribution is -2.19. The minimum absolute atomic E-state index is 0.0532. The smallest absolute Gasteiger partial charge is 0.386 e. The number of para-hydroxylation sites is 1. The molecule has 0 saturated heterocycles. The highest BCUT2D eigenvalue weighted by Gasteiger charge is 2.36. The zero-order valence-electron chi connectivity index (χ0n) is 19.7. The highest BCUT2D eigenvalue weighted by Crippen LogP contribution is 2.41. The second kappa shape index (κ2) is 9.54. The van der Waals surface area contributed by atoms with Gasteiger partial charge in [0, 0.05) is 35.8 Å². The summed E-state index contributed by atoms with van der Waals surface area (Å²) in [7, 11) is 0. The third-order valence-electron chi connectivity index (χ3n) is 5.76. The molecule has 182 valence electrons. The predicted octanol–water partition coefficient (Wildman–Crippen LogP) is 6.38. The van der Waals surface area contributed by atoms with E-state index < -0.39 is 17.3 Å². The van der Waals surface area contributed by atoms with Crippen LogP contribution in [0.2, 0.25) is 0 Å². The van der Waals surface area contributed by atoms with Crippen molar-refractivity contribution < 1.29 is 18.3 Å². The van der Waals surface area contributed by atoms with Gasteiger partial charge in [-0.25, -0.2) is 4.98 Å². The van der Waals surface area contributed by atoms with Gasteiger partial charge in [-0.1, -0.05) is 54.1 Å². The van der Waals surface area contributed by atoms with Crippen LogP contribution in [0.15, 0.2) is 67.0 Å². The molecule has 2 heterocycles. The van der Waals surface area contributed by atoms with E-state index in [0.29, 0.717) is 29.0 Å². The fourth-order valence-electron chi connectivity index (χ4n) is 3.88. The summed E-state index contributed by atoms with van der Waals surface area (Å²) in [6.45, 7) is 5.86. The quantitative estimate of drug-likeness (QED) is 0.268. The minimum atomic E-state index is -4.56. The van der Waals surface area contributed by atoms with Crippen molar-refractivity contribution in [1.29, 1.82) is 0 Å². The van der Waals surface area contributed by atoms with Crippen molar-refractivity contribution in [2.24, 2.45) is 0 Å². The monoisotopic (exact) mass is 480 g/mol. The van der Waals surface area contributed by atoms with Gasteiger partial charge in [-0.3, -0.25) is 4.98 Å². The first-order chi connectivity index (χ1) is 16.5. The summed E-state index contributed by atoms with van der Waals surface area (Å²) in [6, 6.07) is 16.0. The van der Waals surface area contributed by atoms with Crippen LogP contribution in [0.1, 0.15) is 30.5 Å². The maximum Gasteiger partial charge on any atom is 0.419 e. The third-order valence-corrected chi connectivity index (χ3v) is 5.76. The van der Waals surface area contributed by atoms with Crippen LogP contribution in [-0.4, -0.2) is 28.2 Å². The number of alkyl halides is 3. The maximum absolute atomic E-state index is 14.2. The Morgan fingerprint density at radius 3 is 2.20 bits per heavy atom. The Morgan fingerprint density at radius 2 is 1.57 bits per heavy atom. The highest BCUT2D eigenvalue weighted by atomic mass is 19.4. The Bertz CT molecular complexity index is 1310. The van der Waals surface area contributed by atoms with E-state index in [1.54, 1.807) is 44.3 Å². The zero-order valence-corrected chi connectivity index (χ0v) is 19.7. The lowest BCUT2D eigenvalue weighted by Gasteiger charge is -2.19. The first-order valence-corrected chi connectivity index (χ1v) is 11.3. The zero-order chi connectivity index (χ0) is 25.2. The third kappa shape index (κ3) is 5.54. The van der Waals surface area contributed by atoms with Crippen LogP contribution in [0.4, 0.5) is 24.7 Å². The number of hydrogen-bond donors (Lipinski definition) is 3. The first kappa shape index (κ1) is 24.5. The van der Waals surface area contributed by atoms with Gasteiger partial charge in [0.25, 0.3) is 0 Å². The van der Waals surface area contributed by atoms with Crippen LogP contribution < -0.4 is 10.6 Å². The van der Waals surface area contributed by atoms with Crippen LogP contribution in [0.25, 0.3) is 22.0 Å². The Labute approximate surface area is 202 Å². The second-order valence-electron chi connectivity index (χ2n) is 8.96. The number of hydrogen-bond acceptors (Lipinski definition) is 5. The molecule has 35 heavy (non-hydrogen) atoms. The van der Waals surface area contributed by atoms with E-state index in [9.17, 15) is 18.3 Å². The van der Waals surface area contributed by atoms with E-state index in [2.05, 4.69) is 20.6 Å². The van der Waals surface area contributed by atoms with E-state index in [0.717, 1.165) is 11.1 Å². The lowest BCUT2D eigenvalue weighted by molar-refractivity contribution is -0.135. The molecule has 0 aliphatic rings. The molecule has 0 unspecified atom stereocenters. The molecule has 0 amide bonds. The molecule has 0 aliphatic heterocycles. The van der Waals surface area contributed by atoms with Crippen molar-refractivity contribution in [3.8, 4) is 11.1 Å². The number of aryl methyl sites for hydroxylation is 1. The topological polar surface area (TPSA) is 70.1 Å². The van der Waals surface area contributed by atoms with Gasteiger partial charge in [-0.2, -0.15) is 13.2 Å². The number of nitrogens with zero attached hydrogens (tertiary/aromatic N) is 2. The van der Waals surface area contributed by atoms with Gasteiger partial charge in [0.15, 0.2) is 0 Å². The number of benzene rings is 2. The van der Waals surface area contributed by atoms with Crippen molar-refractivity contribution in [2.75, 3.05) is 23.7 Å². The van der Waals surface area contributed by atoms with E-state index >= 15 is 0 Å². The second-order valence-corrected chi connectivity index (χ2v) is 8.96. The Balaban J connectivity index is 1.55. The summed E-state index contributed by atoms with van der Waals surface area (Å²) in [5.41, 5.74) is 1.72. The molecule has 0 radical (unpaired) electrons. The molecule has 2 aromatic heterocycles. The molecule has 0 saturated carbocycles. The summed E-state index contributed by atoms with van der Waals surface area (Å²) in [4.78, 5) is 8.64. The molecular formula is C27H27F3N4O. The van der Waals surface area contributed by atoms with Gasteiger partial charge >= 0.3 is 6.18 Å². The van der Waals surface area contributed by atoms with Crippen LogP contribution in [0, 0.1) is 6.92 Å². The van der Waals surface area contributed by atoms with Crippen LogP contribution >= 0.6 is 0 Å². The Kier molecular flexibility index (Phi) is 6.67. The van der Waals surface area contributed by atoms with Crippen molar-refractivity contribution >= 4 is 22.4 Å². The maximum atomic E-state index is 14.2. The molecule has 5 nitrogen and oxygen atoms in total. The largest absolute Gasteiger partial charge is 0.419 e. The first-order valence-electron chi connectivity index (χ1n) is 11.3. The van der Waals surface area contributed by atoms with Gasteiger partial charge in [-0.15, -0.1) is 0 Å². The molecule has 4 rings (SSSR count). The van der Waals surface area contributed by atoms with Gasteiger partial charge in [0.05, 0.1) is 28.6 Å². The fraction of sp³-hybridized carbons (Fsp3) is 0.259. The van der Waals surface area contributed by atoms with Crippen molar-refractivity contribution in [3.63, 3.8) is 0 Å². The number of halogens is 3. The van der Waals surface area contributed by atoms with Crippen LogP contribution in [0.3, 0.4) is 0 Å². The van der Waals surface area contributed by atoms with Gasteiger partial charge in [0.1, 0.15) is 5.82 Å². The van der Waals surface area contributed by atoms with E-state index in [1.807, 2.05) is 31.2 Å². The van der Waals surface area contributed by atoms with Gasteiger partial charge in [-0.05, 0) is 32.4 Å². The molecule has 0 atom stereocenters. The summed E-state index contributed by atoms with van der Waals surface area (Å²) in [5.74, 6) is 0.565. The number of aromatic nitrogens is 2.